The number of amides is 1. The third-order valence-corrected chi connectivity index (χ3v) is 2.35. The number of hydrogen-bond acceptors (Lipinski definition) is 6. The fraction of sp³-hybridized carbons (Fsp3) is 0.400. The second-order valence-electron chi connectivity index (χ2n) is 3.54. The topological polar surface area (TPSA) is 109 Å². The molecule has 0 fully saturated rings. The minimum Gasteiger partial charge on any atom is -0.395 e. The molecule has 0 aliphatic heterocycles. The molecule has 8 heteroatoms. The highest BCUT2D eigenvalue weighted by Gasteiger charge is 2.23. The van der Waals surface area contributed by atoms with Crippen molar-refractivity contribution < 1.29 is 14.8 Å². The summed E-state index contributed by atoms with van der Waals surface area (Å²) in [6.45, 7) is -0.104. The Morgan fingerprint density at radius 3 is 2.83 bits per heavy atom. The molecule has 1 aromatic rings. The number of rotatable bonds is 5. The van der Waals surface area contributed by atoms with Gasteiger partial charge in [0.05, 0.1) is 11.5 Å². The lowest BCUT2D eigenvalue weighted by Gasteiger charge is -2.15. The maximum Gasteiger partial charge on any atom is 0.300 e. The minimum atomic E-state index is -0.660. The summed E-state index contributed by atoms with van der Waals surface area (Å²) >= 11 is 0. The Morgan fingerprint density at radius 2 is 2.33 bits per heavy atom. The van der Waals surface area contributed by atoms with Gasteiger partial charge in [-0.3, -0.25) is 14.9 Å². The zero-order chi connectivity index (χ0) is 13.7. The number of carbonyl (C=O) groups excluding carboxylic acids is 1. The molecule has 0 radical (unpaired) electrons. The summed E-state index contributed by atoms with van der Waals surface area (Å²) in [6.07, 6.45) is 1.03. The Kier molecular flexibility index (Phi) is 4.55. The van der Waals surface area contributed by atoms with E-state index in [1.165, 1.54) is 18.0 Å². The van der Waals surface area contributed by atoms with Crippen molar-refractivity contribution in [2.24, 2.45) is 0 Å². The van der Waals surface area contributed by atoms with Crippen LogP contribution in [0.2, 0.25) is 0 Å². The number of pyridine rings is 1. The van der Waals surface area contributed by atoms with Crippen LogP contribution in [-0.4, -0.2) is 53.1 Å². The van der Waals surface area contributed by atoms with E-state index in [1.54, 1.807) is 7.05 Å². The summed E-state index contributed by atoms with van der Waals surface area (Å²) in [7, 11) is 3.06. The van der Waals surface area contributed by atoms with Gasteiger partial charge >= 0.3 is 0 Å². The molecule has 0 spiro atoms. The predicted octanol–water partition coefficient (Wildman–Crippen LogP) is 0.0958. The molecule has 2 N–H and O–H groups in total. The van der Waals surface area contributed by atoms with Gasteiger partial charge in [-0.1, -0.05) is 0 Å². The average molecular weight is 254 g/mol. The lowest BCUT2D eigenvalue weighted by Crippen LogP contribution is -2.30. The molecule has 8 nitrogen and oxygen atoms in total. The van der Waals surface area contributed by atoms with E-state index in [-0.39, 0.29) is 24.4 Å². The largest absolute Gasteiger partial charge is 0.395 e. The lowest BCUT2D eigenvalue weighted by atomic mass is 10.2. The molecule has 1 heterocycles. The first-order valence-corrected chi connectivity index (χ1v) is 5.19. The monoisotopic (exact) mass is 254 g/mol. The molecule has 0 bridgehead atoms. The van der Waals surface area contributed by atoms with Crippen LogP contribution in [0.5, 0.6) is 0 Å². The summed E-state index contributed by atoms with van der Waals surface area (Å²) in [6, 6.07) is 1.31. The first-order chi connectivity index (χ1) is 8.51. The fourth-order valence-electron chi connectivity index (χ4n) is 1.36. The van der Waals surface area contributed by atoms with Crippen LogP contribution in [0.15, 0.2) is 12.3 Å². The molecule has 98 valence electrons. The number of aliphatic hydroxyl groups excluding tert-OH is 1. The molecular formula is C10H14N4O4. The van der Waals surface area contributed by atoms with E-state index < -0.39 is 10.8 Å². The quantitative estimate of drug-likeness (QED) is 0.569. The van der Waals surface area contributed by atoms with Gasteiger partial charge in [-0.25, -0.2) is 4.98 Å². The number of nitrogens with zero attached hydrogens (tertiary/aromatic N) is 3. The summed E-state index contributed by atoms with van der Waals surface area (Å²) < 4.78 is 0. The molecule has 0 aromatic carbocycles. The van der Waals surface area contributed by atoms with E-state index in [9.17, 15) is 14.9 Å². The summed E-state index contributed by atoms with van der Waals surface area (Å²) in [5.41, 5.74) is -0.418. The zero-order valence-electron chi connectivity index (χ0n) is 10.1. The van der Waals surface area contributed by atoms with Crippen LogP contribution in [0, 0.1) is 10.1 Å². The maximum absolute atomic E-state index is 12.0. The van der Waals surface area contributed by atoms with Crippen molar-refractivity contribution in [3.63, 3.8) is 0 Å². The summed E-state index contributed by atoms with van der Waals surface area (Å²) in [5.74, 6) is -0.170. The predicted molar refractivity (Wildman–Crippen MR) is 64.5 cm³/mol. The Hall–Kier alpha value is -2.22. The van der Waals surface area contributed by atoms with Crippen LogP contribution >= 0.6 is 0 Å². The second-order valence-corrected chi connectivity index (χ2v) is 3.54. The minimum absolute atomic E-state index is 0.0599. The number of carbonyl (C=O) groups is 1. The molecule has 0 atom stereocenters. The van der Waals surface area contributed by atoms with E-state index in [4.69, 9.17) is 5.11 Å². The van der Waals surface area contributed by atoms with E-state index >= 15 is 0 Å². The number of hydrogen-bond donors (Lipinski definition) is 2. The Balaban J connectivity index is 3.18. The van der Waals surface area contributed by atoms with Gasteiger partial charge in [0, 0.05) is 26.7 Å². The van der Waals surface area contributed by atoms with Crippen LogP contribution in [0.3, 0.4) is 0 Å². The first-order valence-electron chi connectivity index (χ1n) is 5.19. The van der Waals surface area contributed by atoms with Gasteiger partial charge in [-0.15, -0.1) is 0 Å². The van der Waals surface area contributed by atoms with E-state index in [1.807, 2.05) is 0 Å². The third kappa shape index (κ3) is 2.92. The number of nitrogens with one attached hydrogen (secondary N) is 1. The van der Waals surface area contributed by atoms with Crippen molar-refractivity contribution in [2.45, 2.75) is 0 Å². The van der Waals surface area contributed by atoms with Crippen molar-refractivity contribution in [3.05, 3.63) is 27.9 Å². The normalized spacial score (nSPS) is 9.94. The molecule has 1 amide bonds. The molecular weight excluding hydrogens is 240 g/mol. The summed E-state index contributed by atoms with van der Waals surface area (Å²) in [5, 5.41) is 22.3. The lowest BCUT2D eigenvalue weighted by molar-refractivity contribution is -0.385. The molecule has 0 saturated carbocycles. The average Bonchev–Trinajstić information content (AvgIpc) is 2.37. The maximum atomic E-state index is 12.0. The van der Waals surface area contributed by atoms with Crippen molar-refractivity contribution >= 4 is 17.4 Å². The van der Waals surface area contributed by atoms with Gasteiger partial charge in [0.1, 0.15) is 17.6 Å². The van der Waals surface area contributed by atoms with Crippen LogP contribution < -0.4 is 5.32 Å². The number of likely N-dealkylation sites (N-methyl/N-ethyl adjacent to an activating group) is 1. The van der Waals surface area contributed by atoms with Gasteiger partial charge in [0.2, 0.25) is 0 Å². The van der Waals surface area contributed by atoms with Gasteiger partial charge in [-0.2, -0.15) is 0 Å². The smallest absolute Gasteiger partial charge is 0.300 e. The first kappa shape index (κ1) is 13.8. The van der Waals surface area contributed by atoms with Crippen molar-refractivity contribution in [3.8, 4) is 0 Å². The van der Waals surface area contributed by atoms with Gasteiger partial charge in [-0.05, 0) is 0 Å². The van der Waals surface area contributed by atoms with Crippen molar-refractivity contribution in [1.29, 1.82) is 0 Å². The van der Waals surface area contributed by atoms with Gasteiger partial charge < -0.3 is 15.3 Å². The van der Waals surface area contributed by atoms with Gasteiger partial charge in [0.25, 0.3) is 11.6 Å². The molecule has 0 aliphatic rings. The molecule has 18 heavy (non-hydrogen) atoms. The van der Waals surface area contributed by atoms with Crippen LogP contribution in [-0.2, 0) is 0 Å². The van der Waals surface area contributed by atoms with Crippen LogP contribution in [0.1, 0.15) is 10.4 Å². The Morgan fingerprint density at radius 1 is 1.67 bits per heavy atom. The van der Waals surface area contributed by atoms with Crippen molar-refractivity contribution in [2.75, 3.05) is 32.6 Å². The second kappa shape index (κ2) is 5.92. The number of anilines is 1. The van der Waals surface area contributed by atoms with Crippen LogP contribution in [0.4, 0.5) is 11.5 Å². The Bertz CT molecular complexity index is 463. The highest BCUT2D eigenvalue weighted by atomic mass is 16.6. The highest BCUT2D eigenvalue weighted by Crippen LogP contribution is 2.21. The summed E-state index contributed by atoms with van der Waals surface area (Å²) in [4.78, 5) is 27.2. The Labute approximate surface area is 103 Å². The molecule has 0 saturated heterocycles. The molecule has 1 aromatic heterocycles. The van der Waals surface area contributed by atoms with E-state index in [0.717, 1.165) is 6.20 Å². The van der Waals surface area contributed by atoms with E-state index in [0.29, 0.717) is 5.82 Å². The number of aromatic nitrogens is 1. The molecule has 0 unspecified atom stereocenters. The van der Waals surface area contributed by atoms with Crippen molar-refractivity contribution in [1.82, 2.24) is 9.88 Å². The zero-order valence-corrected chi connectivity index (χ0v) is 10.1. The van der Waals surface area contributed by atoms with Crippen LogP contribution in [0.25, 0.3) is 0 Å². The highest BCUT2D eigenvalue weighted by molar-refractivity contribution is 5.98. The van der Waals surface area contributed by atoms with E-state index in [2.05, 4.69) is 10.3 Å². The standard InChI is InChI=1S/C10H14N4O4/c1-11-9-5-7(8(6-12-9)14(17)18)10(16)13(2)3-4-15/h5-6,15H,3-4H2,1-2H3,(H,11,12). The van der Waals surface area contributed by atoms with Gasteiger partial charge in [0.15, 0.2) is 0 Å². The number of nitro groups is 1. The fourth-order valence-corrected chi connectivity index (χ4v) is 1.36. The third-order valence-electron chi connectivity index (χ3n) is 2.35. The SMILES string of the molecule is CNc1cc(C(=O)N(C)CCO)c([N+](=O)[O-])cn1. The molecule has 1 rings (SSSR count). The molecule has 0 aliphatic carbocycles. The number of aliphatic hydroxyl groups is 1.